The molecular weight excluding hydrogens is 360 g/mol. The first kappa shape index (κ1) is 20.9. The molecule has 0 aliphatic rings. The van der Waals surface area contributed by atoms with Gasteiger partial charge in [0.1, 0.15) is 5.75 Å². The molecule has 0 unspecified atom stereocenters. The summed E-state index contributed by atoms with van der Waals surface area (Å²) in [6.07, 6.45) is 0. The number of aromatic hydroxyl groups is 1. The number of phenolic OH excluding ortho intramolecular Hbond substituents is 1. The number of carbonyl (C=O) groups excluding carboxylic acids is 1. The summed E-state index contributed by atoms with van der Waals surface area (Å²) < 4.78 is 10.5. The molecule has 2 aromatic carbocycles. The van der Waals surface area contributed by atoms with E-state index in [0.29, 0.717) is 42.7 Å². The summed E-state index contributed by atoms with van der Waals surface area (Å²) in [7, 11) is 3.17. The van der Waals surface area contributed by atoms with E-state index in [0.717, 1.165) is 5.69 Å². The number of anilines is 1. The minimum Gasteiger partial charge on any atom is -0.508 e. The van der Waals surface area contributed by atoms with Gasteiger partial charge in [-0.2, -0.15) is 0 Å². The predicted molar refractivity (Wildman–Crippen MR) is 110 cm³/mol. The molecule has 0 aromatic heterocycles. The maximum absolute atomic E-state index is 12.1. The van der Waals surface area contributed by atoms with Crippen LogP contribution in [-0.4, -0.2) is 50.8 Å². The third kappa shape index (κ3) is 6.08. The van der Waals surface area contributed by atoms with E-state index in [1.54, 1.807) is 26.4 Å². The van der Waals surface area contributed by atoms with E-state index in [1.165, 1.54) is 12.1 Å². The van der Waals surface area contributed by atoms with Crippen LogP contribution >= 0.6 is 0 Å². The Morgan fingerprint density at radius 2 is 1.75 bits per heavy atom. The number of nitrogens with one attached hydrogen (secondary N) is 3. The van der Waals surface area contributed by atoms with Crippen molar-refractivity contribution >= 4 is 17.6 Å². The Balaban J connectivity index is 1.93. The van der Waals surface area contributed by atoms with Crippen LogP contribution in [0, 0.1) is 0 Å². The third-order valence-electron chi connectivity index (χ3n) is 3.79. The number of rotatable bonds is 8. The quantitative estimate of drug-likeness (QED) is 0.315. The van der Waals surface area contributed by atoms with Crippen molar-refractivity contribution in [2.45, 2.75) is 6.92 Å². The summed E-state index contributed by atoms with van der Waals surface area (Å²) >= 11 is 0. The van der Waals surface area contributed by atoms with Crippen LogP contribution in [0.4, 0.5) is 5.69 Å². The normalized spacial score (nSPS) is 10.9. The van der Waals surface area contributed by atoms with Gasteiger partial charge in [0.2, 0.25) is 0 Å². The van der Waals surface area contributed by atoms with E-state index < -0.39 is 0 Å². The molecule has 0 atom stereocenters. The lowest BCUT2D eigenvalue weighted by molar-refractivity contribution is 0.0955. The molecule has 0 fully saturated rings. The van der Waals surface area contributed by atoms with Crippen LogP contribution in [0.5, 0.6) is 17.2 Å². The highest BCUT2D eigenvalue weighted by Crippen LogP contribution is 2.29. The summed E-state index contributed by atoms with van der Waals surface area (Å²) in [6, 6.07) is 11.6. The molecule has 150 valence electrons. The molecular formula is C20H26N4O4. The number of ether oxygens (including phenoxy) is 2. The predicted octanol–water partition coefficient (Wildman–Crippen LogP) is 2.22. The van der Waals surface area contributed by atoms with Crippen LogP contribution in [0.1, 0.15) is 17.3 Å². The Bertz CT molecular complexity index is 806. The second-order valence-electron chi connectivity index (χ2n) is 5.76. The topological polar surface area (TPSA) is 104 Å². The minimum atomic E-state index is -0.215. The van der Waals surface area contributed by atoms with Gasteiger partial charge >= 0.3 is 0 Å². The van der Waals surface area contributed by atoms with Crippen molar-refractivity contribution in [3.63, 3.8) is 0 Å². The SMILES string of the molecule is CCNC(=NCCNC(=O)c1ccc(O)cc1)Nc1ccc(OC)c(OC)c1. The highest BCUT2D eigenvalue weighted by Gasteiger charge is 2.07. The van der Waals surface area contributed by atoms with Crippen LogP contribution < -0.4 is 25.4 Å². The zero-order valence-electron chi connectivity index (χ0n) is 16.3. The van der Waals surface area contributed by atoms with Gasteiger partial charge in [0, 0.05) is 30.4 Å². The first-order chi connectivity index (χ1) is 13.6. The lowest BCUT2D eigenvalue weighted by atomic mass is 10.2. The number of hydrogen-bond acceptors (Lipinski definition) is 5. The van der Waals surface area contributed by atoms with Crippen molar-refractivity contribution < 1.29 is 19.4 Å². The Kier molecular flexibility index (Phi) is 7.95. The van der Waals surface area contributed by atoms with Gasteiger partial charge in [-0.05, 0) is 43.3 Å². The van der Waals surface area contributed by atoms with Crippen molar-refractivity contribution in [3.05, 3.63) is 48.0 Å². The Hall–Kier alpha value is -3.42. The molecule has 8 nitrogen and oxygen atoms in total. The van der Waals surface area contributed by atoms with Gasteiger partial charge in [0.25, 0.3) is 5.91 Å². The van der Waals surface area contributed by atoms with Crippen LogP contribution in [-0.2, 0) is 0 Å². The van der Waals surface area contributed by atoms with Crippen molar-refractivity contribution in [2.75, 3.05) is 39.2 Å². The number of methoxy groups -OCH3 is 2. The number of aliphatic imine (C=N–C) groups is 1. The second kappa shape index (κ2) is 10.7. The number of carbonyl (C=O) groups is 1. The molecule has 0 saturated carbocycles. The summed E-state index contributed by atoms with van der Waals surface area (Å²) in [5.74, 6) is 1.76. The molecule has 28 heavy (non-hydrogen) atoms. The molecule has 8 heteroatoms. The third-order valence-corrected chi connectivity index (χ3v) is 3.79. The fourth-order valence-electron chi connectivity index (χ4n) is 2.41. The van der Waals surface area contributed by atoms with E-state index in [2.05, 4.69) is 20.9 Å². The summed E-state index contributed by atoms with van der Waals surface area (Å²) in [4.78, 5) is 16.5. The molecule has 0 radical (unpaired) electrons. The van der Waals surface area contributed by atoms with Crippen molar-refractivity contribution in [1.82, 2.24) is 10.6 Å². The lowest BCUT2D eigenvalue weighted by Crippen LogP contribution is -2.32. The molecule has 2 aromatic rings. The van der Waals surface area contributed by atoms with Crippen molar-refractivity contribution in [2.24, 2.45) is 4.99 Å². The van der Waals surface area contributed by atoms with E-state index >= 15 is 0 Å². The number of benzene rings is 2. The first-order valence-corrected chi connectivity index (χ1v) is 8.92. The Morgan fingerprint density at radius 1 is 1.04 bits per heavy atom. The number of hydrogen-bond donors (Lipinski definition) is 4. The molecule has 4 N–H and O–H groups in total. The molecule has 0 saturated heterocycles. The highest BCUT2D eigenvalue weighted by molar-refractivity contribution is 5.95. The van der Waals surface area contributed by atoms with Crippen molar-refractivity contribution in [3.8, 4) is 17.2 Å². The van der Waals surface area contributed by atoms with Crippen LogP contribution in [0.15, 0.2) is 47.5 Å². The van der Waals surface area contributed by atoms with Gasteiger partial charge in [-0.3, -0.25) is 9.79 Å². The second-order valence-corrected chi connectivity index (χ2v) is 5.76. The van der Waals surface area contributed by atoms with Gasteiger partial charge in [-0.25, -0.2) is 0 Å². The summed E-state index contributed by atoms with van der Waals surface area (Å²) in [5, 5.41) is 18.4. The van der Waals surface area contributed by atoms with Gasteiger partial charge in [0.15, 0.2) is 17.5 Å². The monoisotopic (exact) mass is 386 g/mol. The number of amides is 1. The molecule has 0 heterocycles. The minimum absolute atomic E-state index is 0.123. The molecule has 0 aliphatic carbocycles. The Morgan fingerprint density at radius 3 is 2.39 bits per heavy atom. The molecule has 1 amide bonds. The van der Waals surface area contributed by atoms with Gasteiger partial charge < -0.3 is 30.5 Å². The van der Waals surface area contributed by atoms with E-state index in [9.17, 15) is 9.90 Å². The Labute approximate surface area is 164 Å². The van der Waals surface area contributed by atoms with Crippen LogP contribution in [0.2, 0.25) is 0 Å². The smallest absolute Gasteiger partial charge is 0.251 e. The standard InChI is InChI=1S/C20H26N4O4/c1-4-21-20(24-15-7-10-17(27-2)18(13-15)28-3)23-12-11-22-19(26)14-5-8-16(25)9-6-14/h5-10,13,25H,4,11-12H2,1-3H3,(H,22,26)(H2,21,23,24). The number of phenols is 1. The number of guanidine groups is 1. The first-order valence-electron chi connectivity index (χ1n) is 8.92. The number of nitrogens with zero attached hydrogens (tertiary/aromatic N) is 1. The van der Waals surface area contributed by atoms with Gasteiger partial charge in [0.05, 0.1) is 20.8 Å². The molecule has 0 spiro atoms. The zero-order chi connectivity index (χ0) is 20.4. The highest BCUT2D eigenvalue weighted by atomic mass is 16.5. The maximum Gasteiger partial charge on any atom is 0.251 e. The van der Waals surface area contributed by atoms with Gasteiger partial charge in [-0.15, -0.1) is 0 Å². The van der Waals surface area contributed by atoms with E-state index in [1.807, 2.05) is 25.1 Å². The van der Waals surface area contributed by atoms with Crippen LogP contribution in [0.25, 0.3) is 0 Å². The fourth-order valence-corrected chi connectivity index (χ4v) is 2.41. The summed E-state index contributed by atoms with van der Waals surface area (Å²) in [5.41, 5.74) is 1.28. The molecule has 0 aliphatic heterocycles. The summed E-state index contributed by atoms with van der Waals surface area (Å²) in [6.45, 7) is 3.44. The largest absolute Gasteiger partial charge is 0.508 e. The van der Waals surface area contributed by atoms with Crippen LogP contribution in [0.3, 0.4) is 0 Å². The van der Waals surface area contributed by atoms with Gasteiger partial charge in [-0.1, -0.05) is 0 Å². The molecule has 2 rings (SSSR count). The zero-order valence-corrected chi connectivity index (χ0v) is 16.3. The maximum atomic E-state index is 12.1. The average Bonchev–Trinajstić information content (AvgIpc) is 2.71. The van der Waals surface area contributed by atoms with Crippen molar-refractivity contribution in [1.29, 1.82) is 0 Å². The fraction of sp³-hybridized carbons (Fsp3) is 0.300. The molecule has 0 bridgehead atoms. The lowest BCUT2D eigenvalue weighted by Gasteiger charge is -2.14. The van der Waals surface area contributed by atoms with E-state index in [-0.39, 0.29) is 11.7 Å². The van der Waals surface area contributed by atoms with E-state index in [4.69, 9.17) is 9.47 Å². The average molecular weight is 386 g/mol.